The fourth-order valence-corrected chi connectivity index (χ4v) is 3.18. The van der Waals surface area contributed by atoms with Crippen LogP contribution in [-0.4, -0.2) is 40.8 Å². The van der Waals surface area contributed by atoms with Gasteiger partial charge in [0.1, 0.15) is 6.07 Å². The van der Waals surface area contributed by atoms with E-state index in [9.17, 15) is 10.1 Å². The number of hydrogen-bond acceptors (Lipinski definition) is 4. The molecule has 0 radical (unpaired) electrons. The zero-order valence-electron chi connectivity index (χ0n) is 14.3. The minimum atomic E-state index is -0.919. The number of nitrogens with zero attached hydrogens (tertiary/aromatic N) is 3. The number of halogens is 1. The third-order valence-corrected chi connectivity index (χ3v) is 4.69. The number of likely N-dealkylation sites (tertiary alicyclic amines) is 1. The van der Waals surface area contributed by atoms with E-state index in [1.165, 1.54) is 4.90 Å². The van der Waals surface area contributed by atoms with Crippen LogP contribution in [0.25, 0.3) is 11.3 Å². The third kappa shape index (κ3) is 3.89. The Kier molecular flexibility index (Phi) is 5.29. The lowest BCUT2D eigenvalue weighted by molar-refractivity contribution is 0.151. The SMILES string of the molecule is Cc1ccc(-c2nc(C#N)c(OC[C@@H]3CCN(C(=O)O)C3)cc2Cl)cc1. The Hall–Kier alpha value is -2.78. The summed E-state index contributed by atoms with van der Waals surface area (Å²) >= 11 is 6.35. The van der Waals surface area contributed by atoms with Crippen molar-refractivity contribution in [3.63, 3.8) is 0 Å². The maximum atomic E-state index is 11.0. The van der Waals surface area contributed by atoms with Gasteiger partial charge in [-0.05, 0) is 13.3 Å². The van der Waals surface area contributed by atoms with Crippen molar-refractivity contribution < 1.29 is 14.6 Å². The van der Waals surface area contributed by atoms with E-state index in [4.69, 9.17) is 21.4 Å². The first-order valence-corrected chi connectivity index (χ1v) is 8.64. The predicted octanol–water partition coefficient (Wildman–Crippen LogP) is 3.96. The van der Waals surface area contributed by atoms with Gasteiger partial charge in [0.15, 0.2) is 11.4 Å². The smallest absolute Gasteiger partial charge is 0.407 e. The number of benzene rings is 1. The minimum Gasteiger partial charge on any atom is -0.490 e. The molecule has 0 unspecified atom stereocenters. The second-order valence-corrected chi connectivity index (χ2v) is 6.74. The van der Waals surface area contributed by atoms with Crippen LogP contribution in [0.15, 0.2) is 30.3 Å². The second-order valence-electron chi connectivity index (χ2n) is 6.34. The molecule has 1 N–H and O–H groups in total. The summed E-state index contributed by atoms with van der Waals surface area (Å²) < 4.78 is 5.74. The molecule has 1 aliphatic rings. The summed E-state index contributed by atoms with van der Waals surface area (Å²) in [6.07, 6.45) is -0.186. The third-order valence-electron chi connectivity index (χ3n) is 4.40. The lowest BCUT2D eigenvalue weighted by Gasteiger charge is -2.15. The molecule has 26 heavy (non-hydrogen) atoms. The van der Waals surface area contributed by atoms with Gasteiger partial charge in [-0.25, -0.2) is 9.78 Å². The summed E-state index contributed by atoms with van der Waals surface area (Å²) in [5.41, 5.74) is 2.65. The number of amides is 1. The number of nitriles is 1. The van der Waals surface area contributed by atoms with Crippen molar-refractivity contribution in [3.05, 3.63) is 46.6 Å². The highest BCUT2D eigenvalue weighted by molar-refractivity contribution is 6.33. The lowest BCUT2D eigenvalue weighted by atomic mass is 10.1. The van der Waals surface area contributed by atoms with E-state index in [0.717, 1.165) is 17.5 Å². The standard InChI is InChI=1S/C19H18ClN3O3/c1-12-2-4-14(5-3-12)18-15(20)8-17(16(9-21)22-18)26-11-13-6-7-23(10-13)19(24)25/h2-5,8,13H,6-7,10-11H2,1H3,(H,24,25)/t13-/m1/s1. The van der Waals surface area contributed by atoms with Crippen LogP contribution in [0.1, 0.15) is 17.7 Å². The Morgan fingerprint density at radius 3 is 2.81 bits per heavy atom. The molecule has 1 saturated heterocycles. The van der Waals surface area contributed by atoms with E-state index in [2.05, 4.69) is 4.98 Å². The summed E-state index contributed by atoms with van der Waals surface area (Å²) in [5.74, 6) is 0.412. The molecule has 1 fully saturated rings. The highest BCUT2D eigenvalue weighted by Gasteiger charge is 2.26. The molecule has 0 aliphatic carbocycles. The van der Waals surface area contributed by atoms with Crippen molar-refractivity contribution in [2.24, 2.45) is 5.92 Å². The monoisotopic (exact) mass is 371 g/mol. The van der Waals surface area contributed by atoms with Gasteiger partial charge in [-0.15, -0.1) is 0 Å². The van der Waals surface area contributed by atoms with Crippen LogP contribution in [0.3, 0.4) is 0 Å². The van der Waals surface area contributed by atoms with Crippen molar-refractivity contribution in [1.29, 1.82) is 5.26 Å². The number of aromatic nitrogens is 1. The molecule has 1 atom stereocenters. The summed E-state index contributed by atoms with van der Waals surface area (Å²) in [4.78, 5) is 16.7. The van der Waals surface area contributed by atoms with Gasteiger partial charge in [0.25, 0.3) is 0 Å². The largest absolute Gasteiger partial charge is 0.490 e. The van der Waals surface area contributed by atoms with Gasteiger partial charge in [-0.2, -0.15) is 5.26 Å². The van der Waals surface area contributed by atoms with Crippen LogP contribution in [0, 0.1) is 24.2 Å². The van der Waals surface area contributed by atoms with E-state index >= 15 is 0 Å². The van der Waals surface area contributed by atoms with Crippen molar-refractivity contribution in [1.82, 2.24) is 9.88 Å². The molecule has 3 rings (SSSR count). The zero-order chi connectivity index (χ0) is 18.7. The number of hydrogen-bond donors (Lipinski definition) is 1. The Morgan fingerprint density at radius 2 is 2.19 bits per heavy atom. The van der Waals surface area contributed by atoms with Gasteiger partial charge < -0.3 is 14.7 Å². The number of aryl methyl sites for hydroxylation is 1. The summed E-state index contributed by atoms with van der Waals surface area (Å²) in [5, 5.41) is 18.8. The molecule has 0 saturated carbocycles. The van der Waals surface area contributed by atoms with Crippen molar-refractivity contribution >= 4 is 17.7 Å². The summed E-state index contributed by atoms with van der Waals surface area (Å²) in [6.45, 7) is 3.24. The number of pyridine rings is 1. The van der Waals surface area contributed by atoms with E-state index in [1.807, 2.05) is 37.3 Å². The molecule has 0 bridgehead atoms. The highest BCUT2D eigenvalue weighted by Crippen LogP contribution is 2.32. The molecule has 134 valence electrons. The minimum absolute atomic E-state index is 0.0909. The molecule has 2 heterocycles. The van der Waals surface area contributed by atoms with Crippen LogP contribution in [0.5, 0.6) is 5.75 Å². The van der Waals surface area contributed by atoms with E-state index < -0.39 is 6.09 Å². The topological polar surface area (TPSA) is 86.5 Å². The van der Waals surface area contributed by atoms with Crippen LogP contribution in [-0.2, 0) is 0 Å². The van der Waals surface area contributed by atoms with Gasteiger partial charge in [0.2, 0.25) is 0 Å². The van der Waals surface area contributed by atoms with Crippen LogP contribution in [0.4, 0.5) is 4.79 Å². The molecule has 1 amide bonds. The lowest BCUT2D eigenvalue weighted by Crippen LogP contribution is -2.27. The average Bonchev–Trinajstić information content (AvgIpc) is 3.10. The van der Waals surface area contributed by atoms with Crippen molar-refractivity contribution in [2.45, 2.75) is 13.3 Å². The van der Waals surface area contributed by atoms with Gasteiger partial charge in [0.05, 0.1) is 17.3 Å². The molecule has 6 nitrogen and oxygen atoms in total. The first-order chi connectivity index (χ1) is 12.5. The second kappa shape index (κ2) is 7.63. The van der Waals surface area contributed by atoms with Crippen LogP contribution >= 0.6 is 11.6 Å². The Labute approximate surface area is 156 Å². The van der Waals surface area contributed by atoms with Gasteiger partial charge >= 0.3 is 6.09 Å². The quantitative estimate of drug-likeness (QED) is 0.878. The highest BCUT2D eigenvalue weighted by atomic mass is 35.5. The first kappa shape index (κ1) is 18.0. The van der Waals surface area contributed by atoms with Crippen molar-refractivity contribution in [3.8, 4) is 23.1 Å². The molecule has 2 aromatic rings. The molecule has 1 aromatic carbocycles. The number of rotatable bonds is 4. The van der Waals surface area contributed by atoms with Gasteiger partial charge in [-0.3, -0.25) is 0 Å². The summed E-state index contributed by atoms with van der Waals surface area (Å²) in [6, 6.07) is 11.4. The fraction of sp³-hybridized carbons (Fsp3) is 0.316. The number of ether oxygens (including phenoxy) is 1. The molecule has 0 spiro atoms. The molecular formula is C19H18ClN3O3. The molecule has 1 aromatic heterocycles. The summed E-state index contributed by atoms with van der Waals surface area (Å²) in [7, 11) is 0. The molecule has 1 aliphatic heterocycles. The maximum Gasteiger partial charge on any atom is 0.407 e. The Bertz CT molecular complexity index is 862. The predicted molar refractivity (Wildman–Crippen MR) is 97.3 cm³/mol. The Morgan fingerprint density at radius 1 is 1.46 bits per heavy atom. The van der Waals surface area contributed by atoms with Crippen LogP contribution < -0.4 is 4.74 Å². The van der Waals surface area contributed by atoms with Gasteiger partial charge in [-0.1, -0.05) is 41.4 Å². The molecular weight excluding hydrogens is 354 g/mol. The van der Waals surface area contributed by atoms with Crippen LogP contribution in [0.2, 0.25) is 5.02 Å². The number of carbonyl (C=O) groups is 1. The average molecular weight is 372 g/mol. The number of carboxylic acid groups (broad SMARTS) is 1. The van der Waals surface area contributed by atoms with Crippen molar-refractivity contribution in [2.75, 3.05) is 19.7 Å². The zero-order valence-corrected chi connectivity index (χ0v) is 15.0. The normalized spacial score (nSPS) is 16.3. The van der Waals surface area contributed by atoms with E-state index in [1.54, 1.807) is 6.07 Å². The fourth-order valence-electron chi connectivity index (χ4n) is 2.93. The van der Waals surface area contributed by atoms with E-state index in [0.29, 0.717) is 36.2 Å². The Balaban J connectivity index is 1.76. The molecule has 7 heteroatoms. The van der Waals surface area contributed by atoms with E-state index in [-0.39, 0.29) is 11.6 Å². The maximum absolute atomic E-state index is 11.0. The van der Waals surface area contributed by atoms with Gasteiger partial charge in [0, 0.05) is 30.6 Å². The first-order valence-electron chi connectivity index (χ1n) is 8.26.